The van der Waals surface area contributed by atoms with Gasteiger partial charge in [-0.2, -0.15) is 0 Å². The molecule has 0 aromatic heterocycles. The van der Waals surface area contributed by atoms with Crippen LogP contribution < -0.4 is 0 Å². The highest BCUT2D eigenvalue weighted by Gasteiger charge is 1.99. The molecular formula is C8H15BrO2. The van der Waals surface area contributed by atoms with Gasteiger partial charge in [-0.3, -0.25) is 4.79 Å². The highest BCUT2D eigenvalue weighted by molar-refractivity contribution is 9.09. The van der Waals surface area contributed by atoms with E-state index in [9.17, 15) is 4.79 Å². The number of halogens is 1. The van der Waals surface area contributed by atoms with E-state index in [1.165, 1.54) is 0 Å². The Morgan fingerprint density at radius 3 is 2.73 bits per heavy atom. The van der Waals surface area contributed by atoms with Crippen LogP contribution in [0.25, 0.3) is 0 Å². The van der Waals surface area contributed by atoms with E-state index in [1.54, 1.807) is 0 Å². The SMILES string of the molecule is CCCOC(=O)CCCCBr. The molecule has 0 aromatic rings. The van der Waals surface area contributed by atoms with Crippen molar-refractivity contribution in [3.05, 3.63) is 0 Å². The summed E-state index contributed by atoms with van der Waals surface area (Å²) < 4.78 is 4.88. The predicted octanol–water partition coefficient (Wildman–Crippen LogP) is 2.50. The molecule has 0 aliphatic heterocycles. The van der Waals surface area contributed by atoms with Crippen molar-refractivity contribution < 1.29 is 9.53 Å². The Bertz CT molecular complexity index is 104. The first-order valence-electron chi connectivity index (χ1n) is 4.02. The summed E-state index contributed by atoms with van der Waals surface area (Å²) in [4.78, 5) is 10.8. The molecule has 0 aliphatic rings. The van der Waals surface area contributed by atoms with Crippen LogP contribution in [0.1, 0.15) is 32.6 Å². The molecule has 0 atom stereocenters. The number of rotatable bonds is 6. The van der Waals surface area contributed by atoms with Gasteiger partial charge in [0.15, 0.2) is 0 Å². The minimum atomic E-state index is -0.0622. The maximum absolute atomic E-state index is 10.8. The maximum Gasteiger partial charge on any atom is 0.305 e. The molecule has 0 heterocycles. The molecular weight excluding hydrogens is 208 g/mol. The fraction of sp³-hybridized carbons (Fsp3) is 0.875. The first-order chi connectivity index (χ1) is 5.31. The van der Waals surface area contributed by atoms with Gasteiger partial charge in [-0.15, -0.1) is 0 Å². The van der Waals surface area contributed by atoms with Gasteiger partial charge in [0.2, 0.25) is 0 Å². The molecule has 0 fully saturated rings. The second-order valence-corrected chi connectivity index (χ2v) is 3.16. The summed E-state index contributed by atoms with van der Waals surface area (Å²) >= 11 is 3.30. The summed E-state index contributed by atoms with van der Waals surface area (Å²) in [6.07, 6.45) is 3.44. The van der Waals surface area contributed by atoms with E-state index in [4.69, 9.17) is 4.74 Å². The molecule has 0 bridgehead atoms. The van der Waals surface area contributed by atoms with Crippen molar-refractivity contribution in [3.63, 3.8) is 0 Å². The van der Waals surface area contributed by atoms with Gasteiger partial charge in [-0.25, -0.2) is 0 Å². The number of unbranched alkanes of at least 4 members (excludes halogenated alkanes) is 1. The standard InChI is InChI=1S/C8H15BrO2/c1-2-7-11-8(10)5-3-4-6-9/h2-7H2,1H3. The third-order valence-corrected chi connectivity index (χ3v) is 1.79. The third-order valence-electron chi connectivity index (χ3n) is 1.23. The van der Waals surface area contributed by atoms with E-state index in [1.807, 2.05) is 6.92 Å². The van der Waals surface area contributed by atoms with Gasteiger partial charge >= 0.3 is 5.97 Å². The highest BCUT2D eigenvalue weighted by Crippen LogP contribution is 2.00. The second kappa shape index (κ2) is 8.05. The number of ether oxygens (including phenoxy) is 1. The average Bonchev–Trinajstić information content (AvgIpc) is 2.01. The molecule has 0 rings (SSSR count). The Morgan fingerprint density at radius 2 is 2.18 bits per heavy atom. The van der Waals surface area contributed by atoms with Crippen LogP contribution in [0.4, 0.5) is 0 Å². The topological polar surface area (TPSA) is 26.3 Å². The van der Waals surface area contributed by atoms with Crippen LogP contribution in [0.15, 0.2) is 0 Å². The van der Waals surface area contributed by atoms with E-state index < -0.39 is 0 Å². The zero-order valence-electron chi connectivity index (χ0n) is 6.94. The van der Waals surface area contributed by atoms with E-state index in [-0.39, 0.29) is 5.97 Å². The minimum Gasteiger partial charge on any atom is -0.466 e. The minimum absolute atomic E-state index is 0.0622. The number of carbonyl (C=O) groups excluding carboxylic acids is 1. The number of carbonyl (C=O) groups is 1. The van der Waals surface area contributed by atoms with Gasteiger partial charge in [-0.1, -0.05) is 22.9 Å². The van der Waals surface area contributed by atoms with Crippen LogP contribution in [0.3, 0.4) is 0 Å². The molecule has 0 aliphatic carbocycles. The molecule has 66 valence electrons. The first kappa shape index (κ1) is 11.0. The maximum atomic E-state index is 10.8. The molecule has 0 aromatic carbocycles. The lowest BCUT2D eigenvalue weighted by Crippen LogP contribution is -2.04. The van der Waals surface area contributed by atoms with Gasteiger partial charge in [0.25, 0.3) is 0 Å². The van der Waals surface area contributed by atoms with E-state index in [0.29, 0.717) is 13.0 Å². The number of alkyl halides is 1. The molecule has 2 nitrogen and oxygen atoms in total. The van der Waals surface area contributed by atoms with Gasteiger partial charge in [0.05, 0.1) is 6.61 Å². The first-order valence-corrected chi connectivity index (χ1v) is 5.15. The van der Waals surface area contributed by atoms with Gasteiger partial charge in [-0.05, 0) is 19.3 Å². The Kier molecular flexibility index (Phi) is 8.01. The van der Waals surface area contributed by atoms with Crippen molar-refractivity contribution in [2.75, 3.05) is 11.9 Å². The number of esters is 1. The van der Waals surface area contributed by atoms with Crippen LogP contribution in [-0.4, -0.2) is 17.9 Å². The highest BCUT2D eigenvalue weighted by atomic mass is 79.9. The molecule has 0 radical (unpaired) electrons. The summed E-state index contributed by atoms with van der Waals surface area (Å²) in [5, 5.41) is 0.966. The molecule has 0 unspecified atom stereocenters. The molecule has 0 saturated heterocycles. The quantitative estimate of drug-likeness (QED) is 0.393. The zero-order valence-corrected chi connectivity index (χ0v) is 8.52. The summed E-state index contributed by atoms with van der Waals surface area (Å²) in [5.74, 6) is -0.0622. The van der Waals surface area contributed by atoms with Crippen molar-refractivity contribution in [1.29, 1.82) is 0 Å². The van der Waals surface area contributed by atoms with Gasteiger partial charge < -0.3 is 4.74 Å². The number of hydrogen-bond acceptors (Lipinski definition) is 2. The Balaban J connectivity index is 3.09. The number of hydrogen-bond donors (Lipinski definition) is 0. The third kappa shape index (κ3) is 7.85. The smallest absolute Gasteiger partial charge is 0.305 e. The lowest BCUT2D eigenvalue weighted by atomic mass is 10.2. The van der Waals surface area contributed by atoms with Crippen LogP contribution in [0, 0.1) is 0 Å². The second-order valence-electron chi connectivity index (χ2n) is 2.37. The van der Waals surface area contributed by atoms with Crippen LogP contribution >= 0.6 is 15.9 Å². The van der Waals surface area contributed by atoms with E-state index >= 15 is 0 Å². The van der Waals surface area contributed by atoms with Crippen molar-refractivity contribution in [2.24, 2.45) is 0 Å². The fourth-order valence-electron chi connectivity index (χ4n) is 0.652. The monoisotopic (exact) mass is 222 g/mol. The summed E-state index contributed by atoms with van der Waals surface area (Å²) in [6, 6.07) is 0. The predicted molar refractivity (Wildman–Crippen MR) is 48.9 cm³/mol. The van der Waals surface area contributed by atoms with Gasteiger partial charge in [0.1, 0.15) is 0 Å². The fourth-order valence-corrected chi connectivity index (χ4v) is 1.05. The molecule has 0 spiro atoms. The molecule has 0 saturated carbocycles. The van der Waals surface area contributed by atoms with Crippen LogP contribution in [0.5, 0.6) is 0 Å². The van der Waals surface area contributed by atoms with E-state index in [0.717, 1.165) is 24.6 Å². The largest absolute Gasteiger partial charge is 0.466 e. The Hall–Kier alpha value is -0.0500. The molecule has 0 amide bonds. The average molecular weight is 223 g/mol. The Labute approximate surface area is 76.4 Å². The molecule has 11 heavy (non-hydrogen) atoms. The lowest BCUT2D eigenvalue weighted by Gasteiger charge is -2.00. The Morgan fingerprint density at radius 1 is 1.45 bits per heavy atom. The summed E-state index contributed by atoms with van der Waals surface area (Å²) in [5.41, 5.74) is 0. The summed E-state index contributed by atoms with van der Waals surface area (Å²) in [7, 11) is 0. The zero-order chi connectivity index (χ0) is 8.53. The van der Waals surface area contributed by atoms with Crippen LogP contribution in [0.2, 0.25) is 0 Å². The van der Waals surface area contributed by atoms with E-state index in [2.05, 4.69) is 15.9 Å². The van der Waals surface area contributed by atoms with Crippen molar-refractivity contribution >= 4 is 21.9 Å². The van der Waals surface area contributed by atoms with Crippen molar-refractivity contribution in [3.8, 4) is 0 Å². The van der Waals surface area contributed by atoms with Gasteiger partial charge in [0, 0.05) is 11.8 Å². The summed E-state index contributed by atoms with van der Waals surface area (Å²) in [6.45, 7) is 2.55. The normalized spacial score (nSPS) is 9.64. The molecule has 3 heteroatoms. The van der Waals surface area contributed by atoms with Crippen molar-refractivity contribution in [1.82, 2.24) is 0 Å². The lowest BCUT2D eigenvalue weighted by molar-refractivity contribution is -0.143. The van der Waals surface area contributed by atoms with Crippen molar-refractivity contribution in [2.45, 2.75) is 32.6 Å². The molecule has 0 N–H and O–H groups in total. The van der Waals surface area contributed by atoms with Crippen LogP contribution in [-0.2, 0) is 9.53 Å².